The van der Waals surface area contributed by atoms with Crippen LogP contribution in [0.2, 0.25) is 0 Å². The molecule has 2 aromatic heterocycles. The number of benzene rings is 1. The summed E-state index contributed by atoms with van der Waals surface area (Å²) in [6.07, 6.45) is 1.55. The number of rotatable bonds is 6. The maximum Gasteiger partial charge on any atom is 0.328 e. The number of nitrogens with one attached hydrogen (secondary N) is 2. The molecule has 2 amide bonds. The van der Waals surface area contributed by atoms with E-state index in [1.54, 1.807) is 61.0 Å². The van der Waals surface area contributed by atoms with Crippen LogP contribution < -0.4 is 20.4 Å². The number of ether oxygens (including phenoxy) is 1. The predicted octanol–water partition coefficient (Wildman–Crippen LogP) is 4.00. The van der Waals surface area contributed by atoms with Crippen LogP contribution in [0.25, 0.3) is 0 Å². The van der Waals surface area contributed by atoms with E-state index in [9.17, 15) is 10.0 Å². The molecule has 0 aliphatic heterocycles. The topological polar surface area (TPSA) is 86.7 Å². The van der Waals surface area contributed by atoms with Crippen LogP contribution in [0.4, 0.5) is 22.0 Å². The van der Waals surface area contributed by atoms with Gasteiger partial charge in [-0.05, 0) is 47.8 Å². The molecule has 0 bridgehead atoms. The van der Waals surface area contributed by atoms with Gasteiger partial charge in [0, 0.05) is 11.1 Å². The van der Waals surface area contributed by atoms with E-state index in [1.165, 1.54) is 4.90 Å². The molecule has 2 heterocycles. The Morgan fingerprint density at radius 3 is 2.69 bits per heavy atom. The molecule has 134 valence electrons. The van der Waals surface area contributed by atoms with Crippen molar-refractivity contribution in [2.24, 2.45) is 0 Å². The lowest BCUT2D eigenvalue weighted by Gasteiger charge is -2.24. The molecule has 0 fully saturated rings. The van der Waals surface area contributed by atoms with Crippen molar-refractivity contribution in [2.75, 3.05) is 17.5 Å². The van der Waals surface area contributed by atoms with Crippen molar-refractivity contribution in [3.8, 4) is 5.75 Å². The van der Waals surface area contributed by atoms with Crippen LogP contribution in [-0.4, -0.2) is 23.3 Å². The second-order valence-corrected chi connectivity index (χ2v) is 6.29. The summed E-state index contributed by atoms with van der Waals surface area (Å²) >= 11 is 1.56. The summed E-state index contributed by atoms with van der Waals surface area (Å²) in [6.45, 7) is 0.401. The zero-order valence-corrected chi connectivity index (χ0v) is 14.9. The molecule has 0 aliphatic carbocycles. The van der Waals surface area contributed by atoms with Gasteiger partial charge in [0.25, 0.3) is 0 Å². The van der Waals surface area contributed by atoms with Crippen LogP contribution >= 0.6 is 11.3 Å². The first-order valence-electron chi connectivity index (χ1n) is 7.82. The maximum atomic E-state index is 12.9. The number of hydrogen-bond donors (Lipinski definition) is 3. The molecule has 3 aromatic rings. The fourth-order valence-corrected chi connectivity index (χ4v) is 3.03. The van der Waals surface area contributed by atoms with Gasteiger partial charge >= 0.3 is 6.03 Å². The number of hydrogen-bond acceptors (Lipinski definition) is 6. The first kappa shape index (κ1) is 17.7. The number of carbonyl (C=O) groups is 1. The third-order valence-electron chi connectivity index (χ3n) is 3.65. The summed E-state index contributed by atoms with van der Waals surface area (Å²) in [4.78, 5) is 19.6. The summed E-state index contributed by atoms with van der Waals surface area (Å²) in [6, 6.07) is 13.8. The van der Waals surface area contributed by atoms with Crippen LogP contribution in [0.1, 0.15) is 4.88 Å². The van der Waals surface area contributed by atoms with Crippen molar-refractivity contribution >= 4 is 34.6 Å². The van der Waals surface area contributed by atoms with Crippen LogP contribution in [0.15, 0.2) is 60.1 Å². The Morgan fingerprint density at radius 2 is 2.04 bits per heavy atom. The number of methoxy groups -OCH3 is 1. The molecule has 0 unspecified atom stereocenters. The molecule has 0 radical (unpaired) electrons. The number of nitrogens with zero attached hydrogens (tertiary/aromatic N) is 2. The summed E-state index contributed by atoms with van der Waals surface area (Å²) in [5.41, 5.74) is 2.99. The normalized spacial score (nSPS) is 10.2. The van der Waals surface area contributed by atoms with E-state index in [0.29, 0.717) is 23.7 Å². The fraction of sp³-hybridized carbons (Fsp3) is 0.111. The lowest BCUT2D eigenvalue weighted by atomic mass is 10.2. The van der Waals surface area contributed by atoms with E-state index in [4.69, 9.17) is 4.74 Å². The van der Waals surface area contributed by atoms with Crippen LogP contribution in [0, 0.1) is 0 Å². The molecule has 0 aliphatic rings. The zero-order valence-electron chi connectivity index (χ0n) is 14.0. The van der Waals surface area contributed by atoms with Crippen molar-refractivity contribution < 1.29 is 14.7 Å². The molecule has 1 aromatic carbocycles. The molecule has 3 rings (SSSR count). The van der Waals surface area contributed by atoms with Gasteiger partial charge in [-0.2, -0.15) is 0 Å². The highest BCUT2D eigenvalue weighted by Gasteiger charge is 2.22. The monoisotopic (exact) mass is 370 g/mol. The van der Waals surface area contributed by atoms with Gasteiger partial charge in [0.05, 0.1) is 19.3 Å². The second kappa shape index (κ2) is 8.32. The first-order valence-corrected chi connectivity index (χ1v) is 8.70. The van der Waals surface area contributed by atoms with Gasteiger partial charge in [0.1, 0.15) is 11.4 Å². The Labute approximate surface area is 154 Å². The Morgan fingerprint density at radius 1 is 1.23 bits per heavy atom. The van der Waals surface area contributed by atoms with Gasteiger partial charge in [-0.1, -0.05) is 6.07 Å². The highest BCUT2D eigenvalue weighted by Crippen LogP contribution is 2.31. The molecule has 0 saturated carbocycles. The van der Waals surface area contributed by atoms with Crippen LogP contribution in [0.3, 0.4) is 0 Å². The Kier molecular flexibility index (Phi) is 5.67. The fourth-order valence-electron chi connectivity index (χ4n) is 2.38. The summed E-state index contributed by atoms with van der Waals surface area (Å²) in [5.74, 6) is 0.957. The Hall–Kier alpha value is -3.10. The van der Waals surface area contributed by atoms with Gasteiger partial charge in [-0.15, -0.1) is 11.3 Å². The van der Waals surface area contributed by atoms with Crippen molar-refractivity contribution in [1.82, 2.24) is 10.3 Å². The lowest BCUT2D eigenvalue weighted by molar-refractivity contribution is 0.248. The first-order chi connectivity index (χ1) is 12.7. The molecule has 0 spiro atoms. The number of carbonyl (C=O) groups excluding carboxylic acids is 1. The maximum absolute atomic E-state index is 12.9. The number of thiophene rings is 1. The van der Waals surface area contributed by atoms with E-state index in [-0.39, 0.29) is 11.8 Å². The minimum atomic E-state index is -0.362. The molecule has 8 heteroatoms. The van der Waals surface area contributed by atoms with Gasteiger partial charge in [0.15, 0.2) is 5.82 Å². The van der Waals surface area contributed by atoms with Crippen LogP contribution in [0.5, 0.6) is 5.75 Å². The van der Waals surface area contributed by atoms with Crippen molar-refractivity contribution in [3.05, 3.63) is 65.0 Å². The Balaban J connectivity index is 1.93. The van der Waals surface area contributed by atoms with Gasteiger partial charge in [0.2, 0.25) is 0 Å². The van der Waals surface area contributed by atoms with Crippen molar-refractivity contribution in [3.63, 3.8) is 0 Å². The average molecular weight is 370 g/mol. The number of pyridine rings is 1. The van der Waals surface area contributed by atoms with Crippen molar-refractivity contribution in [2.45, 2.75) is 6.54 Å². The molecular formula is C18H18N4O3S. The smallest absolute Gasteiger partial charge is 0.328 e. The molecule has 3 N–H and O–H groups in total. The van der Waals surface area contributed by atoms with E-state index in [1.807, 2.05) is 17.5 Å². The number of anilines is 3. The van der Waals surface area contributed by atoms with E-state index in [2.05, 4.69) is 15.8 Å². The van der Waals surface area contributed by atoms with E-state index in [0.717, 1.165) is 4.88 Å². The van der Waals surface area contributed by atoms with Gasteiger partial charge in [-0.25, -0.2) is 14.7 Å². The third kappa shape index (κ3) is 3.93. The van der Waals surface area contributed by atoms with Crippen molar-refractivity contribution in [1.29, 1.82) is 0 Å². The molecular weight excluding hydrogens is 352 g/mol. The predicted molar refractivity (Wildman–Crippen MR) is 101 cm³/mol. The lowest BCUT2D eigenvalue weighted by Crippen LogP contribution is -2.37. The van der Waals surface area contributed by atoms with Crippen LogP contribution in [-0.2, 0) is 6.54 Å². The highest BCUT2D eigenvalue weighted by atomic mass is 32.1. The quantitative estimate of drug-likeness (QED) is 0.571. The summed E-state index contributed by atoms with van der Waals surface area (Å²) in [7, 11) is 1.58. The third-order valence-corrected chi connectivity index (χ3v) is 4.52. The van der Waals surface area contributed by atoms with Gasteiger partial charge in [-0.3, -0.25) is 10.7 Å². The molecule has 26 heavy (non-hydrogen) atoms. The number of urea groups is 1. The summed E-state index contributed by atoms with van der Waals surface area (Å²) in [5, 5.41) is 14.2. The number of amides is 2. The molecule has 0 atom stereocenters. The van der Waals surface area contributed by atoms with E-state index < -0.39 is 0 Å². The SMILES string of the molecule is COc1ccc(N(C(=O)NCc2cccs2)c2ncccc2NO)cc1. The Bertz CT molecular complexity index is 853. The van der Waals surface area contributed by atoms with Gasteiger partial charge < -0.3 is 10.1 Å². The minimum Gasteiger partial charge on any atom is -0.497 e. The molecule has 7 nitrogen and oxygen atoms in total. The van der Waals surface area contributed by atoms with E-state index >= 15 is 0 Å². The standard InChI is InChI=1S/C18H18N4O3S/c1-25-14-8-6-13(7-9-14)22(17-16(21-24)5-2-10-19-17)18(23)20-12-15-4-3-11-26-15/h2-11,21,24H,12H2,1H3,(H,20,23). The highest BCUT2D eigenvalue weighted by molar-refractivity contribution is 7.09. The largest absolute Gasteiger partial charge is 0.497 e. The average Bonchev–Trinajstić information content (AvgIpc) is 3.21. The number of aromatic nitrogens is 1. The zero-order chi connectivity index (χ0) is 18.4. The second-order valence-electron chi connectivity index (χ2n) is 5.26. The summed E-state index contributed by atoms with van der Waals surface area (Å²) < 4.78 is 5.17. The molecule has 0 saturated heterocycles. The minimum absolute atomic E-state index is 0.281.